The fourth-order valence-corrected chi connectivity index (χ4v) is 3.41. The van der Waals surface area contributed by atoms with E-state index in [1.165, 1.54) is 0 Å². The molecule has 3 aromatic carbocycles. The molecular weight excluding hydrogens is 374 g/mol. The van der Waals surface area contributed by atoms with Gasteiger partial charge in [-0.25, -0.2) is 0 Å². The van der Waals surface area contributed by atoms with Crippen LogP contribution in [0.15, 0.2) is 85.2 Å². The molecule has 5 nitrogen and oxygen atoms in total. The van der Waals surface area contributed by atoms with E-state index in [0.717, 1.165) is 22.3 Å². The molecule has 0 saturated heterocycles. The first-order valence-electron chi connectivity index (χ1n) is 9.76. The third-order valence-corrected chi connectivity index (χ3v) is 4.94. The number of carbonyl (C=O) groups excluding carboxylic acids is 1. The highest BCUT2D eigenvalue weighted by Crippen LogP contribution is 2.28. The van der Waals surface area contributed by atoms with Crippen LogP contribution in [0.3, 0.4) is 0 Å². The summed E-state index contributed by atoms with van der Waals surface area (Å²) in [6.07, 6.45) is 3.71. The maximum atomic E-state index is 13.1. The Kier molecular flexibility index (Phi) is 5.61. The molecule has 1 N–H and O–H groups in total. The Morgan fingerprint density at radius 2 is 1.83 bits per heavy atom. The SMILES string of the molecule is COc1ccc(C)cc1NC(=O)c1ccccc1-c1ccc(Cn2cccn2)cc1. The summed E-state index contributed by atoms with van der Waals surface area (Å²) >= 11 is 0. The molecular formula is C25H23N3O2. The Hall–Kier alpha value is -3.86. The first-order chi connectivity index (χ1) is 14.6. The third-order valence-electron chi connectivity index (χ3n) is 4.94. The second-order valence-corrected chi connectivity index (χ2v) is 7.10. The minimum Gasteiger partial charge on any atom is -0.495 e. The van der Waals surface area contributed by atoms with Gasteiger partial charge in [0.1, 0.15) is 5.75 Å². The minimum atomic E-state index is -0.171. The highest BCUT2D eigenvalue weighted by molar-refractivity contribution is 6.09. The molecule has 0 radical (unpaired) electrons. The van der Waals surface area contributed by atoms with E-state index in [-0.39, 0.29) is 5.91 Å². The van der Waals surface area contributed by atoms with Crippen LogP contribution >= 0.6 is 0 Å². The molecule has 4 aromatic rings. The average Bonchev–Trinajstić information content (AvgIpc) is 3.27. The molecule has 1 amide bonds. The number of carbonyl (C=O) groups is 1. The molecule has 0 bridgehead atoms. The first-order valence-corrected chi connectivity index (χ1v) is 9.76. The minimum absolute atomic E-state index is 0.171. The number of amides is 1. The van der Waals surface area contributed by atoms with Crippen molar-refractivity contribution in [3.8, 4) is 16.9 Å². The molecule has 0 saturated carbocycles. The zero-order valence-electron chi connectivity index (χ0n) is 17.0. The predicted octanol–water partition coefficient (Wildman–Crippen LogP) is 5.17. The van der Waals surface area contributed by atoms with Crippen molar-refractivity contribution in [3.63, 3.8) is 0 Å². The van der Waals surface area contributed by atoms with E-state index >= 15 is 0 Å². The van der Waals surface area contributed by atoms with Crippen LogP contribution in [0.2, 0.25) is 0 Å². The van der Waals surface area contributed by atoms with Gasteiger partial charge in [0.2, 0.25) is 0 Å². The van der Waals surface area contributed by atoms with E-state index in [9.17, 15) is 4.79 Å². The molecule has 0 unspecified atom stereocenters. The molecule has 0 fully saturated rings. The summed E-state index contributed by atoms with van der Waals surface area (Å²) in [6, 6.07) is 23.4. The van der Waals surface area contributed by atoms with Gasteiger partial charge in [0, 0.05) is 18.0 Å². The van der Waals surface area contributed by atoms with E-state index in [0.29, 0.717) is 23.5 Å². The van der Waals surface area contributed by atoms with Crippen molar-refractivity contribution >= 4 is 11.6 Å². The third kappa shape index (κ3) is 4.25. The van der Waals surface area contributed by atoms with Gasteiger partial charge in [-0.15, -0.1) is 0 Å². The van der Waals surface area contributed by atoms with Crippen molar-refractivity contribution in [2.75, 3.05) is 12.4 Å². The summed E-state index contributed by atoms with van der Waals surface area (Å²) in [5.74, 6) is 0.463. The largest absolute Gasteiger partial charge is 0.495 e. The topological polar surface area (TPSA) is 56.1 Å². The lowest BCUT2D eigenvalue weighted by atomic mass is 9.98. The zero-order valence-corrected chi connectivity index (χ0v) is 17.0. The second kappa shape index (κ2) is 8.66. The van der Waals surface area contributed by atoms with Crippen LogP contribution in [0, 0.1) is 6.92 Å². The van der Waals surface area contributed by atoms with Gasteiger partial charge in [0.15, 0.2) is 0 Å². The van der Waals surface area contributed by atoms with E-state index < -0.39 is 0 Å². The van der Waals surface area contributed by atoms with Gasteiger partial charge >= 0.3 is 0 Å². The number of ether oxygens (including phenoxy) is 1. The molecule has 30 heavy (non-hydrogen) atoms. The quantitative estimate of drug-likeness (QED) is 0.488. The molecule has 5 heteroatoms. The highest BCUT2D eigenvalue weighted by atomic mass is 16.5. The van der Waals surface area contributed by atoms with Crippen LogP contribution in [0.1, 0.15) is 21.5 Å². The van der Waals surface area contributed by atoms with Gasteiger partial charge in [-0.2, -0.15) is 5.10 Å². The van der Waals surface area contributed by atoms with E-state index in [1.807, 2.05) is 78.5 Å². The number of aryl methyl sites for hydroxylation is 1. The van der Waals surface area contributed by atoms with Gasteiger partial charge in [-0.05, 0) is 53.4 Å². The van der Waals surface area contributed by atoms with E-state index in [2.05, 4.69) is 22.5 Å². The van der Waals surface area contributed by atoms with Crippen molar-refractivity contribution in [1.29, 1.82) is 0 Å². The normalized spacial score (nSPS) is 10.6. The standard InChI is InChI=1S/C25H23N3O2/c1-18-8-13-24(30-2)23(16-18)27-25(29)22-7-4-3-6-21(22)20-11-9-19(10-12-20)17-28-15-5-14-26-28/h3-16H,17H2,1-2H3,(H,27,29). The zero-order chi connectivity index (χ0) is 20.9. The molecule has 0 aliphatic heterocycles. The number of nitrogens with zero attached hydrogens (tertiary/aromatic N) is 2. The number of hydrogen-bond donors (Lipinski definition) is 1. The molecule has 150 valence electrons. The fourth-order valence-electron chi connectivity index (χ4n) is 3.41. The number of rotatable bonds is 6. The van der Waals surface area contributed by atoms with Gasteiger partial charge in [-0.1, -0.05) is 48.5 Å². The number of anilines is 1. The monoisotopic (exact) mass is 397 g/mol. The van der Waals surface area contributed by atoms with Crippen LogP contribution in [0.4, 0.5) is 5.69 Å². The molecule has 0 aliphatic rings. The van der Waals surface area contributed by atoms with Gasteiger partial charge in [-0.3, -0.25) is 9.48 Å². The lowest BCUT2D eigenvalue weighted by Gasteiger charge is -2.14. The molecule has 0 aliphatic carbocycles. The van der Waals surface area contributed by atoms with E-state index in [4.69, 9.17) is 4.74 Å². The van der Waals surface area contributed by atoms with Crippen molar-refractivity contribution in [2.24, 2.45) is 0 Å². The van der Waals surface area contributed by atoms with Crippen molar-refractivity contribution in [3.05, 3.63) is 102 Å². The maximum Gasteiger partial charge on any atom is 0.256 e. The summed E-state index contributed by atoms with van der Waals surface area (Å²) in [7, 11) is 1.60. The summed E-state index contributed by atoms with van der Waals surface area (Å²) in [6.45, 7) is 2.69. The summed E-state index contributed by atoms with van der Waals surface area (Å²) in [4.78, 5) is 13.1. The molecule has 0 spiro atoms. The predicted molar refractivity (Wildman–Crippen MR) is 119 cm³/mol. The van der Waals surface area contributed by atoms with Crippen LogP contribution in [0.5, 0.6) is 5.75 Å². The molecule has 1 aromatic heterocycles. The Balaban J connectivity index is 1.59. The smallest absolute Gasteiger partial charge is 0.256 e. The fraction of sp³-hybridized carbons (Fsp3) is 0.120. The number of hydrogen-bond acceptors (Lipinski definition) is 3. The van der Waals surface area contributed by atoms with Crippen LogP contribution in [-0.2, 0) is 6.54 Å². The second-order valence-electron chi connectivity index (χ2n) is 7.10. The lowest BCUT2D eigenvalue weighted by molar-refractivity contribution is 0.102. The van der Waals surface area contributed by atoms with Gasteiger partial charge in [0.25, 0.3) is 5.91 Å². The highest BCUT2D eigenvalue weighted by Gasteiger charge is 2.15. The Labute approximate surface area is 175 Å². The van der Waals surface area contributed by atoms with Crippen molar-refractivity contribution < 1.29 is 9.53 Å². The van der Waals surface area contributed by atoms with Crippen LogP contribution in [0.25, 0.3) is 11.1 Å². The van der Waals surface area contributed by atoms with Crippen LogP contribution in [-0.4, -0.2) is 22.8 Å². The molecule has 0 atom stereocenters. The van der Waals surface area contributed by atoms with Crippen molar-refractivity contribution in [2.45, 2.75) is 13.5 Å². The Bertz CT molecular complexity index is 1150. The lowest BCUT2D eigenvalue weighted by Crippen LogP contribution is -2.14. The summed E-state index contributed by atoms with van der Waals surface area (Å²) in [5, 5.41) is 7.24. The maximum absolute atomic E-state index is 13.1. The van der Waals surface area contributed by atoms with E-state index in [1.54, 1.807) is 13.3 Å². The number of aromatic nitrogens is 2. The van der Waals surface area contributed by atoms with Crippen molar-refractivity contribution in [1.82, 2.24) is 9.78 Å². The van der Waals surface area contributed by atoms with Gasteiger partial charge in [0.05, 0.1) is 19.3 Å². The molecule has 4 rings (SSSR count). The summed E-state index contributed by atoms with van der Waals surface area (Å²) < 4.78 is 7.27. The number of methoxy groups -OCH3 is 1. The Morgan fingerprint density at radius 1 is 1.03 bits per heavy atom. The number of benzene rings is 3. The first kappa shape index (κ1) is 19.5. The summed E-state index contributed by atoms with van der Waals surface area (Å²) in [5.41, 5.74) is 5.34. The molecule has 1 heterocycles. The number of nitrogens with one attached hydrogen (secondary N) is 1. The average molecular weight is 397 g/mol. The Morgan fingerprint density at radius 3 is 2.57 bits per heavy atom. The van der Waals surface area contributed by atoms with Gasteiger partial charge < -0.3 is 10.1 Å². The van der Waals surface area contributed by atoms with Crippen LogP contribution < -0.4 is 10.1 Å².